The van der Waals surface area contributed by atoms with Crippen LogP contribution in [-0.4, -0.2) is 44.1 Å². The smallest absolute Gasteiger partial charge is 0.161 e. The predicted octanol–water partition coefficient (Wildman–Crippen LogP) is 2.63. The lowest BCUT2D eigenvalue weighted by molar-refractivity contribution is 0.205. The van der Waals surface area contributed by atoms with Crippen molar-refractivity contribution < 1.29 is 9.47 Å². The highest BCUT2D eigenvalue weighted by molar-refractivity contribution is 6.18. The summed E-state index contributed by atoms with van der Waals surface area (Å²) < 4.78 is 10.9. The number of ether oxygens (including phenoxy) is 2. The van der Waals surface area contributed by atoms with Crippen LogP contribution < -0.4 is 9.47 Å². The van der Waals surface area contributed by atoms with Gasteiger partial charge in [-0.25, -0.2) is 0 Å². The van der Waals surface area contributed by atoms with Crippen LogP contribution in [0.4, 0.5) is 0 Å². The maximum atomic E-state index is 5.79. The average molecular weight is 258 g/mol. The van der Waals surface area contributed by atoms with E-state index in [-0.39, 0.29) is 0 Å². The minimum Gasteiger partial charge on any atom is -0.493 e. The molecule has 0 fully saturated rings. The monoisotopic (exact) mass is 257 g/mol. The molecule has 0 saturated heterocycles. The van der Waals surface area contributed by atoms with Crippen molar-refractivity contribution in [2.75, 3.05) is 33.2 Å². The molecule has 0 bridgehead atoms. The number of hydrogen-bond acceptors (Lipinski definition) is 3. The number of alkyl halides is 1. The van der Waals surface area contributed by atoms with E-state index in [1.807, 2.05) is 31.3 Å². The van der Waals surface area contributed by atoms with Crippen LogP contribution in [-0.2, 0) is 0 Å². The fourth-order valence-electron chi connectivity index (χ4n) is 1.38. The molecule has 96 valence electrons. The second-order valence-electron chi connectivity index (χ2n) is 3.98. The van der Waals surface area contributed by atoms with Gasteiger partial charge in [0.2, 0.25) is 0 Å². The minimum absolute atomic E-state index is 0.359. The van der Waals surface area contributed by atoms with Gasteiger partial charge in [0.05, 0.1) is 7.11 Å². The minimum atomic E-state index is 0.359. The normalized spacial score (nSPS) is 12.5. The highest BCUT2D eigenvalue weighted by Gasteiger charge is 2.08. The lowest BCUT2D eigenvalue weighted by Crippen LogP contribution is -2.33. The fraction of sp³-hybridized carbons (Fsp3) is 0.538. The Bertz CT molecular complexity index is 333. The van der Waals surface area contributed by atoms with Gasteiger partial charge in [-0.15, -0.1) is 11.6 Å². The summed E-state index contributed by atoms with van der Waals surface area (Å²) in [7, 11) is 3.68. The zero-order chi connectivity index (χ0) is 12.7. The van der Waals surface area contributed by atoms with Crippen LogP contribution >= 0.6 is 11.6 Å². The van der Waals surface area contributed by atoms with Crippen molar-refractivity contribution in [2.45, 2.75) is 13.0 Å². The Kier molecular flexibility index (Phi) is 6.16. The van der Waals surface area contributed by atoms with Crippen molar-refractivity contribution in [1.29, 1.82) is 0 Å². The number of likely N-dealkylation sites (N-methyl/N-ethyl adjacent to an activating group) is 1. The van der Waals surface area contributed by atoms with Crippen LogP contribution in [0.1, 0.15) is 6.92 Å². The molecule has 1 aromatic rings. The highest BCUT2D eigenvalue weighted by atomic mass is 35.5. The molecule has 0 spiro atoms. The molecule has 17 heavy (non-hydrogen) atoms. The van der Waals surface area contributed by atoms with E-state index in [1.54, 1.807) is 7.11 Å². The van der Waals surface area contributed by atoms with Crippen LogP contribution in [0.15, 0.2) is 24.3 Å². The van der Waals surface area contributed by atoms with Gasteiger partial charge in [-0.1, -0.05) is 12.1 Å². The van der Waals surface area contributed by atoms with Gasteiger partial charge in [0, 0.05) is 18.5 Å². The highest BCUT2D eigenvalue weighted by Crippen LogP contribution is 2.25. The summed E-state index contributed by atoms with van der Waals surface area (Å²) in [5, 5.41) is 0. The number of methoxy groups -OCH3 is 1. The molecule has 0 heterocycles. The Hall–Kier alpha value is -0.930. The standard InChI is InChI=1S/C13H20ClNO2/c1-11(10-14)15(2)8-9-17-13-7-5-4-6-12(13)16-3/h4-7,11H,8-10H2,1-3H3. The van der Waals surface area contributed by atoms with E-state index in [0.717, 1.165) is 18.0 Å². The van der Waals surface area contributed by atoms with Crippen LogP contribution in [0, 0.1) is 0 Å². The summed E-state index contributed by atoms with van der Waals surface area (Å²) in [6.45, 7) is 3.56. The fourth-order valence-corrected chi connectivity index (χ4v) is 1.61. The van der Waals surface area contributed by atoms with E-state index in [4.69, 9.17) is 21.1 Å². The molecule has 1 unspecified atom stereocenters. The predicted molar refractivity (Wildman–Crippen MR) is 71.3 cm³/mol. The van der Waals surface area contributed by atoms with Crippen molar-refractivity contribution in [3.8, 4) is 11.5 Å². The first-order valence-corrected chi connectivity index (χ1v) is 6.24. The molecule has 0 aliphatic heterocycles. The van der Waals surface area contributed by atoms with Gasteiger partial charge in [-0.3, -0.25) is 4.90 Å². The first kappa shape index (κ1) is 14.1. The molecule has 0 amide bonds. The van der Waals surface area contributed by atoms with Crippen molar-refractivity contribution in [2.24, 2.45) is 0 Å². The molecule has 0 N–H and O–H groups in total. The van der Waals surface area contributed by atoms with Gasteiger partial charge >= 0.3 is 0 Å². The molecule has 0 aliphatic rings. The summed E-state index contributed by atoms with van der Waals surface area (Å²) in [6, 6.07) is 8.01. The van der Waals surface area contributed by atoms with Crippen molar-refractivity contribution >= 4 is 11.6 Å². The Morgan fingerprint density at radius 3 is 2.53 bits per heavy atom. The van der Waals surface area contributed by atoms with Crippen molar-refractivity contribution in [3.05, 3.63) is 24.3 Å². The maximum Gasteiger partial charge on any atom is 0.161 e. The van der Waals surface area contributed by atoms with E-state index in [0.29, 0.717) is 18.5 Å². The second kappa shape index (κ2) is 7.41. The maximum absolute atomic E-state index is 5.79. The van der Waals surface area contributed by atoms with Gasteiger partial charge in [0.25, 0.3) is 0 Å². The third kappa shape index (κ3) is 4.44. The molecule has 0 aliphatic carbocycles. The molecule has 4 heteroatoms. The third-order valence-corrected chi connectivity index (χ3v) is 3.19. The van der Waals surface area contributed by atoms with Crippen LogP contribution in [0.2, 0.25) is 0 Å². The quantitative estimate of drug-likeness (QED) is 0.701. The average Bonchev–Trinajstić information content (AvgIpc) is 2.38. The largest absolute Gasteiger partial charge is 0.493 e. The van der Waals surface area contributed by atoms with Gasteiger partial charge in [0.1, 0.15) is 6.61 Å². The topological polar surface area (TPSA) is 21.7 Å². The van der Waals surface area contributed by atoms with E-state index in [1.165, 1.54) is 0 Å². The zero-order valence-electron chi connectivity index (χ0n) is 10.6. The number of para-hydroxylation sites is 2. The first-order valence-electron chi connectivity index (χ1n) is 5.71. The first-order chi connectivity index (χ1) is 8.19. The Balaban J connectivity index is 2.40. The summed E-state index contributed by atoms with van der Waals surface area (Å²) in [6.07, 6.45) is 0. The number of benzene rings is 1. The summed E-state index contributed by atoms with van der Waals surface area (Å²) in [5.74, 6) is 2.17. The van der Waals surface area contributed by atoms with E-state index in [2.05, 4.69) is 11.8 Å². The van der Waals surface area contributed by atoms with Crippen LogP contribution in [0.25, 0.3) is 0 Å². The lowest BCUT2D eigenvalue weighted by Gasteiger charge is -2.22. The molecule has 0 radical (unpaired) electrons. The van der Waals surface area contributed by atoms with E-state index >= 15 is 0 Å². The lowest BCUT2D eigenvalue weighted by atomic mass is 10.3. The zero-order valence-corrected chi connectivity index (χ0v) is 11.4. The van der Waals surface area contributed by atoms with E-state index < -0.39 is 0 Å². The van der Waals surface area contributed by atoms with Gasteiger partial charge < -0.3 is 9.47 Å². The molecule has 0 aromatic heterocycles. The Morgan fingerprint density at radius 1 is 1.29 bits per heavy atom. The molecular formula is C13H20ClNO2. The molecule has 1 atom stereocenters. The Labute approximate surface area is 108 Å². The summed E-state index contributed by atoms with van der Waals surface area (Å²) >= 11 is 5.79. The van der Waals surface area contributed by atoms with Gasteiger partial charge in [-0.2, -0.15) is 0 Å². The van der Waals surface area contributed by atoms with Gasteiger partial charge in [-0.05, 0) is 26.1 Å². The molecule has 1 rings (SSSR count). The molecule has 1 aromatic carbocycles. The summed E-state index contributed by atoms with van der Waals surface area (Å²) in [4.78, 5) is 2.17. The van der Waals surface area contributed by atoms with Crippen molar-refractivity contribution in [1.82, 2.24) is 4.90 Å². The number of halogens is 1. The molecule has 3 nitrogen and oxygen atoms in total. The number of hydrogen-bond donors (Lipinski definition) is 0. The summed E-state index contributed by atoms with van der Waals surface area (Å²) in [5.41, 5.74) is 0. The number of nitrogens with zero attached hydrogens (tertiary/aromatic N) is 1. The second-order valence-corrected chi connectivity index (χ2v) is 4.29. The molecular weight excluding hydrogens is 238 g/mol. The van der Waals surface area contributed by atoms with Crippen LogP contribution in [0.5, 0.6) is 11.5 Å². The molecule has 0 saturated carbocycles. The van der Waals surface area contributed by atoms with E-state index in [9.17, 15) is 0 Å². The Morgan fingerprint density at radius 2 is 1.94 bits per heavy atom. The van der Waals surface area contributed by atoms with Crippen molar-refractivity contribution in [3.63, 3.8) is 0 Å². The van der Waals surface area contributed by atoms with Crippen LogP contribution in [0.3, 0.4) is 0 Å². The third-order valence-electron chi connectivity index (χ3n) is 2.75. The number of rotatable bonds is 7. The van der Waals surface area contributed by atoms with Gasteiger partial charge in [0.15, 0.2) is 11.5 Å². The SMILES string of the molecule is COc1ccccc1OCCN(C)C(C)CCl.